The Morgan fingerprint density at radius 2 is 1.61 bits per heavy atom. The van der Waals surface area contributed by atoms with Crippen molar-refractivity contribution in [3.05, 3.63) is 56.2 Å². The number of anilines is 1. The van der Waals surface area contributed by atoms with Crippen molar-refractivity contribution in [3.8, 4) is 5.75 Å². The third kappa shape index (κ3) is 5.68. The van der Waals surface area contributed by atoms with Crippen molar-refractivity contribution in [2.45, 2.75) is 26.2 Å². The van der Waals surface area contributed by atoms with Crippen LogP contribution in [0.15, 0.2) is 33.9 Å². The van der Waals surface area contributed by atoms with Crippen molar-refractivity contribution in [3.63, 3.8) is 0 Å². The van der Waals surface area contributed by atoms with E-state index >= 15 is 0 Å². The minimum absolute atomic E-state index is 0.105. The molecule has 31 heavy (non-hydrogen) atoms. The fourth-order valence-electron chi connectivity index (χ4n) is 2.73. The Kier molecular flexibility index (Phi) is 7.89. The quantitative estimate of drug-likeness (QED) is 0.431. The van der Waals surface area contributed by atoms with Gasteiger partial charge in [0.1, 0.15) is 17.1 Å². The van der Waals surface area contributed by atoms with Crippen LogP contribution in [0.5, 0.6) is 5.75 Å². The summed E-state index contributed by atoms with van der Waals surface area (Å²) >= 11 is 0. The predicted octanol–water partition coefficient (Wildman–Crippen LogP) is 0.844. The number of carbonyl (C=O) groups is 3. The van der Waals surface area contributed by atoms with Gasteiger partial charge in [0.25, 0.3) is 5.56 Å². The van der Waals surface area contributed by atoms with Crippen LogP contribution in [0, 0.1) is 0 Å². The number of benzene rings is 1. The molecule has 0 atom stereocenters. The molecule has 1 heterocycles. The number of aromatic nitrogens is 2. The Balaban J connectivity index is 1.91. The molecule has 1 aromatic carbocycles. The van der Waals surface area contributed by atoms with Gasteiger partial charge in [0.2, 0.25) is 5.78 Å². The zero-order valence-electron chi connectivity index (χ0n) is 17.7. The number of hydrogen-bond acceptors (Lipinski definition) is 8. The van der Waals surface area contributed by atoms with Crippen molar-refractivity contribution in [2.75, 3.05) is 18.9 Å². The lowest BCUT2D eigenvalue weighted by molar-refractivity contribution is -0.142. The van der Waals surface area contributed by atoms with E-state index in [1.807, 2.05) is 6.92 Å². The molecule has 0 spiro atoms. The van der Waals surface area contributed by atoms with Crippen molar-refractivity contribution < 1.29 is 23.9 Å². The summed E-state index contributed by atoms with van der Waals surface area (Å²) in [6, 6.07) is 6.58. The summed E-state index contributed by atoms with van der Waals surface area (Å²) in [7, 11) is 2.52. The monoisotopic (exact) mass is 431 g/mol. The highest BCUT2D eigenvalue weighted by Gasteiger charge is 2.21. The average molecular weight is 431 g/mol. The minimum atomic E-state index is -0.872. The van der Waals surface area contributed by atoms with Gasteiger partial charge in [-0.15, -0.1) is 0 Å². The Bertz CT molecular complexity index is 1100. The Hall–Kier alpha value is -3.69. The first-order valence-corrected chi connectivity index (χ1v) is 9.67. The van der Waals surface area contributed by atoms with Gasteiger partial charge in [-0.05, 0) is 30.7 Å². The maximum absolute atomic E-state index is 12.3. The van der Waals surface area contributed by atoms with Crippen LogP contribution in [0.1, 0.15) is 46.9 Å². The lowest BCUT2D eigenvalue weighted by atomic mass is 10.1. The molecule has 0 aliphatic heterocycles. The SMILES string of the molecule is CCCOc1ccc(C(=O)CCC(=O)OCC(=O)c2c(N)n(C)c(=O)n(C)c2=O)cc1. The first kappa shape index (κ1) is 23.6. The van der Waals surface area contributed by atoms with Crippen LogP contribution >= 0.6 is 0 Å². The van der Waals surface area contributed by atoms with Crippen molar-refractivity contribution in [1.29, 1.82) is 0 Å². The van der Waals surface area contributed by atoms with Crippen molar-refractivity contribution in [2.24, 2.45) is 14.1 Å². The molecule has 0 fully saturated rings. The van der Waals surface area contributed by atoms with Crippen LogP contribution in [0.2, 0.25) is 0 Å². The molecule has 0 bridgehead atoms. The van der Waals surface area contributed by atoms with Gasteiger partial charge in [-0.1, -0.05) is 6.92 Å². The van der Waals surface area contributed by atoms with Crippen LogP contribution in [0.25, 0.3) is 0 Å². The van der Waals surface area contributed by atoms with Crippen LogP contribution in [0.3, 0.4) is 0 Å². The molecule has 10 nitrogen and oxygen atoms in total. The molecular formula is C21H25N3O7. The molecule has 2 rings (SSSR count). The lowest BCUT2D eigenvalue weighted by Gasteiger charge is -2.11. The van der Waals surface area contributed by atoms with Gasteiger partial charge in [-0.25, -0.2) is 4.79 Å². The van der Waals surface area contributed by atoms with Gasteiger partial charge < -0.3 is 15.2 Å². The van der Waals surface area contributed by atoms with Gasteiger partial charge in [-0.3, -0.25) is 28.3 Å². The second kappa shape index (κ2) is 10.4. The van der Waals surface area contributed by atoms with Gasteiger partial charge in [0.15, 0.2) is 12.4 Å². The molecule has 2 aromatic rings. The van der Waals surface area contributed by atoms with Gasteiger partial charge >= 0.3 is 11.7 Å². The molecule has 0 saturated carbocycles. The normalized spacial score (nSPS) is 10.5. The van der Waals surface area contributed by atoms with Crippen LogP contribution in [-0.4, -0.2) is 39.9 Å². The summed E-state index contributed by atoms with van der Waals surface area (Å²) in [5.41, 5.74) is 4.14. The molecule has 0 amide bonds. The summed E-state index contributed by atoms with van der Waals surface area (Å²) in [6.45, 7) is 1.84. The Labute approximate surface area is 178 Å². The lowest BCUT2D eigenvalue weighted by Crippen LogP contribution is -2.42. The van der Waals surface area contributed by atoms with E-state index in [1.165, 1.54) is 14.1 Å². The number of Topliss-reactive ketones (excluding diaryl/α,β-unsaturated/α-hetero) is 2. The van der Waals surface area contributed by atoms with Crippen LogP contribution in [-0.2, 0) is 23.6 Å². The average Bonchev–Trinajstić information content (AvgIpc) is 2.77. The smallest absolute Gasteiger partial charge is 0.332 e. The highest BCUT2D eigenvalue weighted by atomic mass is 16.5. The predicted molar refractivity (Wildman–Crippen MR) is 112 cm³/mol. The molecule has 166 valence electrons. The van der Waals surface area contributed by atoms with E-state index in [-0.39, 0.29) is 24.4 Å². The second-order valence-electron chi connectivity index (χ2n) is 6.85. The van der Waals surface area contributed by atoms with E-state index in [0.29, 0.717) is 17.9 Å². The standard InChI is InChI=1S/C21H25N3O7/c1-4-11-30-14-7-5-13(6-8-14)15(25)9-10-17(27)31-12-16(26)18-19(22)23(2)21(29)24(3)20(18)28/h5-8H,4,9-12,22H2,1-3H3. The molecule has 10 heteroatoms. The molecule has 0 aliphatic carbocycles. The number of esters is 1. The number of nitrogens with two attached hydrogens (primary N) is 1. The number of hydrogen-bond donors (Lipinski definition) is 1. The number of ketones is 2. The van der Waals surface area contributed by atoms with Crippen LogP contribution < -0.4 is 21.7 Å². The van der Waals surface area contributed by atoms with Gasteiger partial charge in [0, 0.05) is 26.1 Å². The summed E-state index contributed by atoms with van der Waals surface area (Å²) in [5.74, 6) is -1.53. The van der Waals surface area contributed by atoms with E-state index in [9.17, 15) is 24.0 Å². The Morgan fingerprint density at radius 1 is 0.968 bits per heavy atom. The van der Waals surface area contributed by atoms with Gasteiger partial charge in [-0.2, -0.15) is 0 Å². The topological polar surface area (TPSA) is 140 Å². The van der Waals surface area contributed by atoms with E-state index in [4.69, 9.17) is 15.2 Å². The minimum Gasteiger partial charge on any atom is -0.494 e. The molecule has 2 N–H and O–H groups in total. The zero-order valence-corrected chi connectivity index (χ0v) is 17.7. The maximum Gasteiger partial charge on any atom is 0.332 e. The number of nitrogen functional groups attached to an aromatic ring is 1. The highest BCUT2D eigenvalue weighted by molar-refractivity contribution is 6.01. The summed E-state index contributed by atoms with van der Waals surface area (Å²) < 4.78 is 12.0. The first-order valence-electron chi connectivity index (χ1n) is 9.67. The van der Waals surface area contributed by atoms with Crippen molar-refractivity contribution in [1.82, 2.24) is 9.13 Å². The van der Waals surface area contributed by atoms with Gasteiger partial charge in [0.05, 0.1) is 13.0 Å². The summed E-state index contributed by atoms with van der Waals surface area (Å²) in [5, 5.41) is 0. The summed E-state index contributed by atoms with van der Waals surface area (Å²) in [6.07, 6.45) is 0.530. The highest BCUT2D eigenvalue weighted by Crippen LogP contribution is 2.14. The van der Waals surface area contributed by atoms with Crippen molar-refractivity contribution >= 4 is 23.4 Å². The molecule has 0 saturated heterocycles. The zero-order chi connectivity index (χ0) is 23.1. The maximum atomic E-state index is 12.3. The molecule has 1 aromatic heterocycles. The van der Waals surface area contributed by atoms with E-state index < -0.39 is 35.2 Å². The molecule has 0 unspecified atom stereocenters. The fraction of sp³-hybridized carbons (Fsp3) is 0.381. The first-order chi connectivity index (χ1) is 14.7. The fourth-order valence-corrected chi connectivity index (χ4v) is 2.73. The second-order valence-corrected chi connectivity index (χ2v) is 6.85. The number of ether oxygens (including phenoxy) is 2. The van der Waals surface area contributed by atoms with E-state index in [2.05, 4.69) is 0 Å². The van der Waals surface area contributed by atoms with E-state index in [1.54, 1.807) is 24.3 Å². The van der Waals surface area contributed by atoms with Crippen LogP contribution in [0.4, 0.5) is 5.82 Å². The molecule has 0 aliphatic rings. The Morgan fingerprint density at radius 3 is 2.23 bits per heavy atom. The van der Waals surface area contributed by atoms with E-state index in [0.717, 1.165) is 15.6 Å². The largest absolute Gasteiger partial charge is 0.494 e. The summed E-state index contributed by atoms with van der Waals surface area (Å²) in [4.78, 5) is 60.4. The third-order valence-electron chi connectivity index (χ3n) is 4.56. The third-order valence-corrected chi connectivity index (χ3v) is 4.56. The number of nitrogens with zero attached hydrogens (tertiary/aromatic N) is 2. The number of rotatable bonds is 10. The molecular weight excluding hydrogens is 406 g/mol. The number of carbonyl (C=O) groups excluding carboxylic acids is 3. The molecule has 0 radical (unpaired) electrons.